The van der Waals surface area contributed by atoms with E-state index in [2.05, 4.69) is 17.2 Å². The van der Waals surface area contributed by atoms with Crippen LogP contribution in [0.5, 0.6) is 0 Å². The zero-order valence-corrected chi connectivity index (χ0v) is 13.2. The van der Waals surface area contributed by atoms with Crippen molar-refractivity contribution < 1.29 is 8.42 Å². The Balaban J connectivity index is 2.00. The van der Waals surface area contributed by atoms with Crippen LogP contribution in [0.15, 0.2) is 58.5 Å². The number of primary sulfonamides is 1. The molecule has 0 radical (unpaired) electrons. The van der Waals surface area contributed by atoms with Crippen molar-refractivity contribution in [3.8, 4) is 0 Å². The molecule has 0 aliphatic rings. The monoisotopic (exact) mass is 323 g/mol. The van der Waals surface area contributed by atoms with Crippen molar-refractivity contribution in [2.45, 2.75) is 22.0 Å². The van der Waals surface area contributed by atoms with E-state index in [1.165, 1.54) is 17.2 Å². The molecule has 2 aromatic rings. The maximum atomic E-state index is 11.5. The molecule has 21 heavy (non-hydrogen) atoms. The van der Waals surface area contributed by atoms with Gasteiger partial charge in [0, 0.05) is 22.9 Å². The quantitative estimate of drug-likeness (QED) is 0.797. The summed E-state index contributed by atoms with van der Waals surface area (Å²) in [6, 6.07) is 13.0. The summed E-state index contributed by atoms with van der Waals surface area (Å²) < 4.78 is 23.0. The minimum absolute atomic E-state index is 0.0157. The number of nitrogens with one attached hydrogen (secondary N) is 1. The number of nitrogens with zero attached hydrogens (tertiary/aromatic N) is 1. The van der Waals surface area contributed by atoms with Crippen LogP contribution in [0, 0.1) is 0 Å². The number of hydrogen-bond donors (Lipinski definition) is 2. The van der Waals surface area contributed by atoms with Gasteiger partial charge in [-0.1, -0.05) is 25.1 Å². The van der Waals surface area contributed by atoms with Crippen molar-refractivity contribution in [3.05, 3.63) is 48.7 Å². The minimum Gasteiger partial charge on any atom is -0.368 e. The first-order valence-corrected chi connectivity index (χ1v) is 8.83. The van der Waals surface area contributed by atoms with E-state index in [1.54, 1.807) is 17.8 Å². The van der Waals surface area contributed by atoms with Crippen LogP contribution in [0.2, 0.25) is 0 Å². The van der Waals surface area contributed by atoms with Gasteiger partial charge in [-0.05, 0) is 24.3 Å². The smallest absolute Gasteiger partial charge is 0.241 e. The molecule has 1 aromatic carbocycles. The normalized spacial score (nSPS) is 12.9. The van der Waals surface area contributed by atoms with Gasteiger partial charge < -0.3 is 5.32 Å². The number of rotatable bonds is 6. The van der Waals surface area contributed by atoms with Gasteiger partial charge in [0.2, 0.25) is 10.0 Å². The van der Waals surface area contributed by atoms with Crippen LogP contribution in [-0.4, -0.2) is 25.2 Å². The van der Waals surface area contributed by atoms with E-state index in [0.717, 1.165) is 0 Å². The highest BCUT2D eigenvalue weighted by Crippen LogP contribution is 2.23. The molecule has 0 bridgehead atoms. The van der Waals surface area contributed by atoms with Gasteiger partial charge in [-0.25, -0.2) is 18.5 Å². The number of benzene rings is 1. The Labute approximate surface area is 129 Å². The van der Waals surface area contributed by atoms with Crippen molar-refractivity contribution in [3.63, 3.8) is 0 Å². The Bertz CT molecular complexity index is 690. The summed E-state index contributed by atoms with van der Waals surface area (Å²) in [5.41, 5.74) is 0. The van der Waals surface area contributed by atoms with E-state index in [0.29, 0.717) is 12.4 Å². The Morgan fingerprint density at radius 2 is 1.95 bits per heavy atom. The van der Waals surface area contributed by atoms with Gasteiger partial charge in [-0.3, -0.25) is 0 Å². The molecule has 112 valence electrons. The summed E-state index contributed by atoms with van der Waals surface area (Å²) in [5, 5.41) is 8.48. The molecule has 1 heterocycles. The maximum Gasteiger partial charge on any atom is 0.241 e. The summed E-state index contributed by atoms with van der Waals surface area (Å²) >= 11 is 1.71. The van der Waals surface area contributed by atoms with Crippen molar-refractivity contribution in [2.75, 3.05) is 11.9 Å². The van der Waals surface area contributed by atoms with Crippen LogP contribution in [-0.2, 0) is 10.0 Å². The largest absolute Gasteiger partial charge is 0.368 e. The molecule has 0 fully saturated rings. The fourth-order valence-electron chi connectivity index (χ4n) is 1.77. The van der Waals surface area contributed by atoms with E-state index in [4.69, 9.17) is 5.14 Å². The van der Waals surface area contributed by atoms with Crippen LogP contribution in [0.1, 0.15) is 6.92 Å². The third-order valence-electron chi connectivity index (χ3n) is 2.71. The second-order valence-electron chi connectivity index (χ2n) is 4.52. The van der Waals surface area contributed by atoms with Crippen molar-refractivity contribution in [1.29, 1.82) is 0 Å². The molecule has 0 saturated carbocycles. The third kappa shape index (κ3) is 4.73. The van der Waals surface area contributed by atoms with E-state index < -0.39 is 10.0 Å². The Kier molecular flexibility index (Phi) is 5.22. The average molecular weight is 323 g/mol. The fourth-order valence-corrected chi connectivity index (χ4v) is 3.37. The topological polar surface area (TPSA) is 85.1 Å². The number of anilines is 1. The highest BCUT2D eigenvalue weighted by Gasteiger charge is 2.15. The molecule has 0 aliphatic carbocycles. The lowest BCUT2D eigenvalue weighted by Gasteiger charge is -2.14. The number of hydrogen-bond acceptors (Lipinski definition) is 5. The van der Waals surface area contributed by atoms with E-state index in [-0.39, 0.29) is 10.1 Å². The van der Waals surface area contributed by atoms with E-state index in [9.17, 15) is 8.42 Å². The summed E-state index contributed by atoms with van der Waals surface area (Å²) in [7, 11) is -3.77. The van der Waals surface area contributed by atoms with Crippen LogP contribution in [0.25, 0.3) is 0 Å². The summed E-state index contributed by atoms with van der Waals surface area (Å²) in [4.78, 5) is 5.23. The van der Waals surface area contributed by atoms with Crippen molar-refractivity contribution in [2.24, 2.45) is 5.14 Å². The molecule has 0 saturated heterocycles. The molecule has 1 unspecified atom stereocenters. The number of aromatic nitrogens is 1. The summed E-state index contributed by atoms with van der Waals surface area (Å²) in [5.74, 6) is 0.292. The molecule has 7 heteroatoms. The highest BCUT2D eigenvalue weighted by atomic mass is 32.2. The zero-order chi connectivity index (χ0) is 15.3. The first-order chi connectivity index (χ1) is 9.97. The average Bonchev–Trinajstić information content (AvgIpc) is 2.45. The summed E-state index contributed by atoms with van der Waals surface area (Å²) in [6.45, 7) is 2.64. The lowest BCUT2D eigenvalue weighted by molar-refractivity contribution is 0.597. The first-order valence-electron chi connectivity index (χ1n) is 6.40. The Hall–Kier alpha value is -1.57. The first kappa shape index (κ1) is 15.8. The molecule has 5 nitrogen and oxygen atoms in total. The van der Waals surface area contributed by atoms with Crippen LogP contribution in [0.4, 0.5) is 5.82 Å². The minimum atomic E-state index is -3.77. The molecule has 2 rings (SSSR count). The third-order valence-corrected chi connectivity index (χ3v) is 4.77. The number of sulfonamides is 1. The van der Waals surface area contributed by atoms with Gasteiger partial charge in [0.15, 0.2) is 0 Å². The van der Waals surface area contributed by atoms with Crippen LogP contribution >= 0.6 is 11.8 Å². The summed E-state index contributed by atoms with van der Waals surface area (Å²) in [6.07, 6.45) is 1.53. The molecule has 0 aliphatic heterocycles. The number of thioether (sulfide) groups is 1. The van der Waals surface area contributed by atoms with Gasteiger partial charge in [0.25, 0.3) is 0 Å². The Morgan fingerprint density at radius 3 is 2.62 bits per heavy atom. The molecule has 0 spiro atoms. The van der Waals surface area contributed by atoms with Gasteiger partial charge in [-0.15, -0.1) is 11.8 Å². The van der Waals surface area contributed by atoms with Gasteiger partial charge in [-0.2, -0.15) is 0 Å². The van der Waals surface area contributed by atoms with Crippen molar-refractivity contribution >= 4 is 27.6 Å². The standard InChI is InChI=1S/C14H17N3O2S2/c1-11(20-12-6-3-2-4-7-12)10-17-14-13(21(15,18)19)8-5-9-16-14/h2-9,11H,10H2,1H3,(H,16,17)(H2,15,18,19). The predicted molar refractivity (Wildman–Crippen MR) is 85.9 cm³/mol. The predicted octanol–water partition coefficient (Wildman–Crippen LogP) is 2.32. The lowest BCUT2D eigenvalue weighted by Crippen LogP contribution is -2.19. The number of pyridine rings is 1. The van der Waals surface area contributed by atoms with Gasteiger partial charge in [0.05, 0.1) is 0 Å². The SMILES string of the molecule is CC(CNc1ncccc1S(N)(=O)=O)Sc1ccccc1. The lowest BCUT2D eigenvalue weighted by atomic mass is 10.4. The Morgan fingerprint density at radius 1 is 1.24 bits per heavy atom. The van der Waals surface area contributed by atoms with E-state index in [1.807, 2.05) is 30.3 Å². The zero-order valence-electron chi connectivity index (χ0n) is 11.6. The second-order valence-corrected chi connectivity index (χ2v) is 7.56. The molecule has 0 amide bonds. The second kappa shape index (κ2) is 6.93. The van der Waals surface area contributed by atoms with Crippen LogP contribution in [0.3, 0.4) is 0 Å². The van der Waals surface area contributed by atoms with Gasteiger partial charge in [0.1, 0.15) is 10.7 Å². The molecular formula is C14H17N3O2S2. The van der Waals surface area contributed by atoms with Crippen molar-refractivity contribution in [1.82, 2.24) is 4.98 Å². The fraction of sp³-hybridized carbons (Fsp3) is 0.214. The van der Waals surface area contributed by atoms with Gasteiger partial charge >= 0.3 is 0 Å². The van der Waals surface area contributed by atoms with Crippen LogP contribution < -0.4 is 10.5 Å². The van der Waals surface area contributed by atoms with E-state index >= 15 is 0 Å². The molecule has 1 atom stereocenters. The molecular weight excluding hydrogens is 306 g/mol. The maximum absolute atomic E-state index is 11.5. The molecule has 1 aromatic heterocycles. The number of nitrogens with two attached hydrogens (primary N) is 1. The molecule has 3 N–H and O–H groups in total. The highest BCUT2D eigenvalue weighted by molar-refractivity contribution is 8.00.